The van der Waals surface area contributed by atoms with E-state index in [2.05, 4.69) is 49.2 Å². The number of rotatable bonds is 3. The topological polar surface area (TPSA) is 35.5 Å². The van der Waals surface area contributed by atoms with Gasteiger partial charge in [0.25, 0.3) is 0 Å². The van der Waals surface area contributed by atoms with Crippen LogP contribution in [0.15, 0.2) is 18.2 Å². The van der Waals surface area contributed by atoms with Crippen molar-refractivity contribution in [3.8, 4) is 0 Å². The van der Waals surface area contributed by atoms with Crippen LogP contribution in [0, 0.1) is 13.8 Å². The van der Waals surface area contributed by atoms with Gasteiger partial charge in [-0.05, 0) is 31.9 Å². The highest BCUT2D eigenvalue weighted by Gasteiger charge is 2.34. The van der Waals surface area contributed by atoms with Crippen molar-refractivity contribution in [3.63, 3.8) is 0 Å². The first-order valence-corrected chi connectivity index (χ1v) is 6.72. The molecule has 0 bridgehead atoms. The first kappa shape index (κ1) is 13.5. The molecule has 18 heavy (non-hydrogen) atoms. The molecular formula is C15H24N2O. The Balaban J connectivity index is 2.35. The predicted molar refractivity (Wildman–Crippen MR) is 74.8 cm³/mol. The first-order chi connectivity index (χ1) is 8.58. The number of benzene rings is 1. The zero-order valence-corrected chi connectivity index (χ0v) is 11.7. The van der Waals surface area contributed by atoms with Crippen molar-refractivity contribution in [2.24, 2.45) is 0 Å². The summed E-state index contributed by atoms with van der Waals surface area (Å²) in [5.74, 6) is 0. The number of nitrogens with zero attached hydrogens (tertiary/aromatic N) is 1. The number of piperazine rings is 1. The van der Waals surface area contributed by atoms with Crippen LogP contribution in [0.5, 0.6) is 0 Å². The molecule has 1 heterocycles. The maximum atomic E-state index is 9.92. The average molecular weight is 248 g/mol. The fourth-order valence-corrected chi connectivity index (χ4v) is 2.93. The van der Waals surface area contributed by atoms with E-state index < -0.39 is 0 Å². The van der Waals surface area contributed by atoms with E-state index in [1.54, 1.807) is 0 Å². The minimum Gasteiger partial charge on any atom is -0.394 e. The zero-order valence-electron chi connectivity index (χ0n) is 11.7. The van der Waals surface area contributed by atoms with Crippen LogP contribution in [0.3, 0.4) is 0 Å². The summed E-state index contributed by atoms with van der Waals surface area (Å²) in [5, 5.41) is 13.3. The summed E-state index contributed by atoms with van der Waals surface area (Å²) in [5.41, 5.74) is 3.53. The summed E-state index contributed by atoms with van der Waals surface area (Å²) in [7, 11) is 0. The van der Waals surface area contributed by atoms with Crippen molar-refractivity contribution in [1.82, 2.24) is 10.2 Å². The molecule has 1 aromatic rings. The van der Waals surface area contributed by atoms with Crippen molar-refractivity contribution in [3.05, 3.63) is 34.9 Å². The Labute approximate surface area is 110 Å². The second kappa shape index (κ2) is 5.39. The van der Waals surface area contributed by atoms with E-state index >= 15 is 0 Å². The Morgan fingerprint density at radius 1 is 1.28 bits per heavy atom. The standard InChI is InChI=1S/C15H24N2O/c1-12-4-5-14(13(2)10-12)15(3,11-18)17-8-6-16-7-9-17/h4-5,10,16,18H,6-9,11H2,1-3H3. The van der Waals surface area contributed by atoms with Crippen LogP contribution >= 0.6 is 0 Å². The molecule has 0 amide bonds. The molecular weight excluding hydrogens is 224 g/mol. The van der Waals surface area contributed by atoms with Crippen LogP contribution in [0.2, 0.25) is 0 Å². The SMILES string of the molecule is Cc1ccc(C(C)(CO)N2CCNCC2)c(C)c1. The van der Waals surface area contributed by atoms with E-state index in [0.29, 0.717) is 0 Å². The van der Waals surface area contributed by atoms with Gasteiger partial charge >= 0.3 is 0 Å². The smallest absolute Gasteiger partial charge is 0.0668 e. The second-order valence-electron chi connectivity index (χ2n) is 5.49. The van der Waals surface area contributed by atoms with Crippen molar-refractivity contribution < 1.29 is 5.11 Å². The summed E-state index contributed by atoms with van der Waals surface area (Å²) in [6, 6.07) is 6.51. The van der Waals surface area contributed by atoms with Gasteiger partial charge in [-0.2, -0.15) is 0 Å². The fraction of sp³-hybridized carbons (Fsp3) is 0.600. The molecule has 3 nitrogen and oxygen atoms in total. The number of aryl methyl sites for hydroxylation is 2. The maximum absolute atomic E-state index is 9.92. The van der Waals surface area contributed by atoms with Crippen LogP contribution in [-0.2, 0) is 5.54 Å². The number of hydrogen-bond donors (Lipinski definition) is 2. The molecule has 3 heteroatoms. The van der Waals surface area contributed by atoms with E-state index in [9.17, 15) is 5.11 Å². The van der Waals surface area contributed by atoms with E-state index in [1.165, 1.54) is 16.7 Å². The van der Waals surface area contributed by atoms with Gasteiger partial charge < -0.3 is 10.4 Å². The molecule has 0 aromatic heterocycles. The van der Waals surface area contributed by atoms with Gasteiger partial charge in [-0.25, -0.2) is 0 Å². The van der Waals surface area contributed by atoms with Crippen LogP contribution in [0.4, 0.5) is 0 Å². The van der Waals surface area contributed by atoms with Crippen LogP contribution in [0.1, 0.15) is 23.6 Å². The van der Waals surface area contributed by atoms with Crippen molar-refractivity contribution in [2.45, 2.75) is 26.3 Å². The Morgan fingerprint density at radius 3 is 2.50 bits per heavy atom. The molecule has 0 spiro atoms. The van der Waals surface area contributed by atoms with Crippen molar-refractivity contribution in [1.29, 1.82) is 0 Å². The largest absolute Gasteiger partial charge is 0.394 e. The van der Waals surface area contributed by atoms with Gasteiger partial charge in [0.1, 0.15) is 0 Å². The first-order valence-electron chi connectivity index (χ1n) is 6.72. The number of nitrogens with one attached hydrogen (secondary N) is 1. The third-order valence-electron chi connectivity index (χ3n) is 4.08. The molecule has 1 aliphatic rings. The Morgan fingerprint density at radius 2 is 1.94 bits per heavy atom. The van der Waals surface area contributed by atoms with Crippen LogP contribution in [-0.4, -0.2) is 42.8 Å². The molecule has 2 rings (SSSR count). The monoisotopic (exact) mass is 248 g/mol. The lowest BCUT2D eigenvalue weighted by atomic mass is 9.86. The number of aliphatic hydroxyl groups excluding tert-OH is 1. The van der Waals surface area contributed by atoms with Gasteiger partial charge in [-0.1, -0.05) is 23.8 Å². The molecule has 1 aromatic carbocycles. The molecule has 1 fully saturated rings. The second-order valence-corrected chi connectivity index (χ2v) is 5.49. The lowest BCUT2D eigenvalue weighted by Gasteiger charge is -2.43. The van der Waals surface area contributed by atoms with Gasteiger partial charge in [0.15, 0.2) is 0 Å². The minimum absolute atomic E-state index is 0.164. The maximum Gasteiger partial charge on any atom is 0.0668 e. The average Bonchev–Trinajstić information content (AvgIpc) is 2.39. The summed E-state index contributed by atoms with van der Waals surface area (Å²) in [6.45, 7) is 10.5. The molecule has 1 aliphatic heterocycles. The highest BCUT2D eigenvalue weighted by atomic mass is 16.3. The Kier molecular flexibility index (Phi) is 4.05. The minimum atomic E-state index is -0.264. The molecule has 1 atom stereocenters. The zero-order chi connectivity index (χ0) is 13.2. The molecule has 100 valence electrons. The quantitative estimate of drug-likeness (QED) is 0.849. The Hall–Kier alpha value is -0.900. The molecule has 0 radical (unpaired) electrons. The van der Waals surface area contributed by atoms with Crippen LogP contribution < -0.4 is 5.32 Å². The third kappa shape index (κ3) is 2.44. The predicted octanol–water partition coefficient (Wildman–Crippen LogP) is 1.42. The highest BCUT2D eigenvalue weighted by molar-refractivity contribution is 5.36. The molecule has 1 unspecified atom stereocenters. The summed E-state index contributed by atoms with van der Waals surface area (Å²) >= 11 is 0. The van der Waals surface area contributed by atoms with Gasteiger partial charge in [0, 0.05) is 26.2 Å². The number of hydrogen-bond acceptors (Lipinski definition) is 3. The van der Waals surface area contributed by atoms with Gasteiger partial charge in [0.2, 0.25) is 0 Å². The lowest BCUT2D eigenvalue weighted by molar-refractivity contribution is 0.0307. The lowest BCUT2D eigenvalue weighted by Crippen LogP contribution is -2.55. The van der Waals surface area contributed by atoms with Gasteiger partial charge in [0.05, 0.1) is 12.1 Å². The molecule has 0 saturated carbocycles. The van der Waals surface area contributed by atoms with E-state index in [-0.39, 0.29) is 12.1 Å². The van der Waals surface area contributed by atoms with Crippen LogP contribution in [0.25, 0.3) is 0 Å². The van der Waals surface area contributed by atoms with E-state index in [0.717, 1.165) is 26.2 Å². The summed E-state index contributed by atoms with van der Waals surface area (Å²) in [4.78, 5) is 2.39. The van der Waals surface area contributed by atoms with Crippen molar-refractivity contribution >= 4 is 0 Å². The van der Waals surface area contributed by atoms with E-state index in [4.69, 9.17) is 0 Å². The summed E-state index contributed by atoms with van der Waals surface area (Å²) < 4.78 is 0. The van der Waals surface area contributed by atoms with Crippen molar-refractivity contribution in [2.75, 3.05) is 32.8 Å². The Bertz CT molecular complexity index is 413. The fourth-order valence-electron chi connectivity index (χ4n) is 2.93. The van der Waals surface area contributed by atoms with Gasteiger partial charge in [-0.3, -0.25) is 4.90 Å². The van der Waals surface area contributed by atoms with E-state index in [1.807, 2.05) is 0 Å². The highest BCUT2D eigenvalue weighted by Crippen LogP contribution is 2.31. The number of aliphatic hydroxyl groups is 1. The normalized spacial score (nSPS) is 20.7. The summed E-state index contributed by atoms with van der Waals surface area (Å²) in [6.07, 6.45) is 0. The molecule has 0 aliphatic carbocycles. The van der Waals surface area contributed by atoms with Gasteiger partial charge in [-0.15, -0.1) is 0 Å². The molecule has 2 N–H and O–H groups in total. The molecule has 1 saturated heterocycles. The third-order valence-corrected chi connectivity index (χ3v) is 4.08.